The number of anilines is 1. The summed E-state index contributed by atoms with van der Waals surface area (Å²) in [5.74, 6) is 0.480. The van der Waals surface area contributed by atoms with E-state index in [1.807, 2.05) is 6.26 Å². The molecule has 0 fully saturated rings. The molecule has 1 aliphatic carbocycles. The molecule has 1 unspecified atom stereocenters. The molecule has 3 rings (SSSR count). The van der Waals surface area contributed by atoms with Crippen LogP contribution in [0.15, 0.2) is 29.0 Å². The van der Waals surface area contributed by atoms with Crippen molar-refractivity contribution in [1.29, 1.82) is 0 Å². The Morgan fingerprint density at radius 2 is 2.10 bits per heavy atom. The Morgan fingerprint density at radius 1 is 1.29 bits per heavy atom. The van der Waals surface area contributed by atoms with Crippen LogP contribution in [0.3, 0.4) is 0 Å². The quantitative estimate of drug-likeness (QED) is 0.846. The van der Waals surface area contributed by atoms with Gasteiger partial charge in [-0.1, -0.05) is 23.4 Å². The molecule has 112 valence electrons. The summed E-state index contributed by atoms with van der Waals surface area (Å²) in [4.78, 5) is 2.33. The SMILES string of the molecule is CCN(CC)c1conc1C1CCc2cccc(C)c2C1. The lowest BCUT2D eigenvalue weighted by Gasteiger charge is -2.27. The first-order valence-electron chi connectivity index (χ1n) is 8.01. The van der Waals surface area contributed by atoms with Gasteiger partial charge >= 0.3 is 0 Å². The van der Waals surface area contributed by atoms with Gasteiger partial charge in [-0.2, -0.15) is 0 Å². The van der Waals surface area contributed by atoms with Crippen molar-refractivity contribution in [3.63, 3.8) is 0 Å². The number of fused-ring (bicyclic) bond motifs is 1. The predicted octanol–water partition coefficient (Wildman–Crippen LogP) is 4.10. The zero-order valence-electron chi connectivity index (χ0n) is 13.2. The summed E-state index contributed by atoms with van der Waals surface area (Å²) in [6, 6.07) is 6.66. The van der Waals surface area contributed by atoms with Crippen molar-refractivity contribution >= 4 is 5.69 Å². The molecule has 1 aromatic carbocycles. The van der Waals surface area contributed by atoms with Crippen molar-refractivity contribution in [2.75, 3.05) is 18.0 Å². The Labute approximate surface area is 126 Å². The normalized spacial score (nSPS) is 17.6. The van der Waals surface area contributed by atoms with E-state index in [0.717, 1.165) is 38.0 Å². The largest absolute Gasteiger partial charge is 0.368 e. The number of hydrogen-bond acceptors (Lipinski definition) is 3. The van der Waals surface area contributed by atoms with Crippen LogP contribution in [0.25, 0.3) is 0 Å². The number of nitrogens with zero attached hydrogens (tertiary/aromatic N) is 2. The van der Waals surface area contributed by atoms with Crippen molar-refractivity contribution in [1.82, 2.24) is 5.16 Å². The summed E-state index contributed by atoms with van der Waals surface area (Å²) in [6.07, 6.45) is 5.21. The lowest BCUT2D eigenvalue weighted by atomic mass is 9.80. The third-order valence-electron chi connectivity index (χ3n) is 4.79. The van der Waals surface area contributed by atoms with Crippen LogP contribution in [0.2, 0.25) is 0 Å². The van der Waals surface area contributed by atoms with Crippen LogP contribution in [-0.4, -0.2) is 18.2 Å². The monoisotopic (exact) mass is 284 g/mol. The van der Waals surface area contributed by atoms with E-state index in [1.54, 1.807) is 0 Å². The zero-order valence-corrected chi connectivity index (χ0v) is 13.2. The Bertz CT molecular complexity index is 613. The number of benzene rings is 1. The molecule has 3 nitrogen and oxygen atoms in total. The van der Waals surface area contributed by atoms with Gasteiger partial charge in [0.2, 0.25) is 0 Å². The van der Waals surface area contributed by atoms with Gasteiger partial charge in [-0.15, -0.1) is 0 Å². The molecule has 0 aliphatic heterocycles. The fraction of sp³-hybridized carbons (Fsp3) is 0.500. The highest BCUT2D eigenvalue weighted by atomic mass is 16.5. The Balaban J connectivity index is 1.90. The van der Waals surface area contributed by atoms with Gasteiger partial charge in [0.05, 0.1) is 0 Å². The minimum absolute atomic E-state index is 0.480. The zero-order chi connectivity index (χ0) is 14.8. The molecule has 1 aromatic heterocycles. The third kappa shape index (κ3) is 2.57. The van der Waals surface area contributed by atoms with Gasteiger partial charge in [0.15, 0.2) is 0 Å². The Morgan fingerprint density at radius 3 is 2.86 bits per heavy atom. The summed E-state index contributed by atoms with van der Waals surface area (Å²) in [6.45, 7) is 8.57. The van der Waals surface area contributed by atoms with Gasteiger partial charge in [0.1, 0.15) is 17.6 Å². The molecule has 0 radical (unpaired) electrons. The molecule has 0 N–H and O–H groups in total. The summed E-state index contributed by atoms with van der Waals surface area (Å²) < 4.78 is 5.31. The van der Waals surface area contributed by atoms with Gasteiger partial charge < -0.3 is 9.42 Å². The van der Waals surface area contributed by atoms with Crippen LogP contribution >= 0.6 is 0 Å². The highest BCUT2D eigenvalue weighted by Gasteiger charge is 2.27. The molecule has 0 bridgehead atoms. The lowest BCUT2D eigenvalue weighted by Crippen LogP contribution is -2.24. The van der Waals surface area contributed by atoms with E-state index in [-0.39, 0.29) is 0 Å². The smallest absolute Gasteiger partial charge is 0.147 e. The minimum Gasteiger partial charge on any atom is -0.368 e. The molecule has 1 atom stereocenters. The Hall–Kier alpha value is -1.77. The van der Waals surface area contributed by atoms with Crippen molar-refractivity contribution in [3.05, 3.63) is 46.8 Å². The van der Waals surface area contributed by atoms with Crippen LogP contribution in [0.5, 0.6) is 0 Å². The standard InChI is InChI=1S/C18H24N2O/c1-4-20(5-2)17-12-21-19-18(17)15-10-9-14-8-6-7-13(3)16(14)11-15/h6-8,12,15H,4-5,9-11H2,1-3H3. The van der Waals surface area contributed by atoms with Crippen LogP contribution in [0.1, 0.15) is 48.6 Å². The maximum atomic E-state index is 5.31. The Kier molecular flexibility index (Phi) is 4.00. The number of rotatable bonds is 4. The molecule has 0 amide bonds. The van der Waals surface area contributed by atoms with E-state index in [4.69, 9.17) is 4.52 Å². The third-order valence-corrected chi connectivity index (χ3v) is 4.79. The maximum absolute atomic E-state index is 5.31. The average molecular weight is 284 g/mol. The molecule has 0 saturated carbocycles. The fourth-order valence-corrected chi connectivity index (χ4v) is 3.53. The molecule has 3 heteroatoms. The number of hydrogen-bond donors (Lipinski definition) is 0. The van der Waals surface area contributed by atoms with Crippen LogP contribution < -0.4 is 4.90 Å². The second-order valence-electron chi connectivity index (χ2n) is 5.91. The average Bonchev–Trinajstić information content (AvgIpc) is 2.98. The first-order chi connectivity index (χ1) is 10.2. The summed E-state index contributed by atoms with van der Waals surface area (Å²) >= 11 is 0. The maximum Gasteiger partial charge on any atom is 0.147 e. The fourth-order valence-electron chi connectivity index (χ4n) is 3.53. The van der Waals surface area contributed by atoms with Crippen LogP contribution in [0.4, 0.5) is 5.69 Å². The highest BCUT2D eigenvalue weighted by Crippen LogP contribution is 2.37. The highest BCUT2D eigenvalue weighted by molar-refractivity contribution is 5.51. The van der Waals surface area contributed by atoms with E-state index in [2.05, 4.69) is 49.0 Å². The van der Waals surface area contributed by atoms with Gasteiger partial charge in [-0.3, -0.25) is 0 Å². The molecule has 21 heavy (non-hydrogen) atoms. The molecule has 1 aliphatic rings. The van der Waals surface area contributed by atoms with Crippen molar-refractivity contribution < 1.29 is 4.52 Å². The predicted molar refractivity (Wildman–Crippen MR) is 86.0 cm³/mol. The number of aryl methyl sites for hydroxylation is 2. The molecule has 1 heterocycles. The number of aromatic nitrogens is 1. The summed E-state index contributed by atoms with van der Waals surface area (Å²) in [5, 5.41) is 4.34. The molecule has 0 saturated heterocycles. The van der Waals surface area contributed by atoms with E-state index in [1.165, 1.54) is 22.4 Å². The minimum atomic E-state index is 0.480. The van der Waals surface area contributed by atoms with E-state index >= 15 is 0 Å². The molecule has 0 spiro atoms. The van der Waals surface area contributed by atoms with Crippen LogP contribution in [0, 0.1) is 6.92 Å². The van der Waals surface area contributed by atoms with Crippen molar-refractivity contribution in [3.8, 4) is 0 Å². The van der Waals surface area contributed by atoms with Gasteiger partial charge in [-0.05, 0) is 56.7 Å². The topological polar surface area (TPSA) is 29.3 Å². The molecular weight excluding hydrogens is 260 g/mol. The van der Waals surface area contributed by atoms with Gasteiger partial charge in [0, 0.05) is 19.0 Å². The molecular formula is C18H24N2O. The van der Waals surface area contributed by atoms with E-state index in [9.17, 15) is 0 Å². The van der Waals surface area contributed by atoms with E-state index < -0.39 is 0 Å². The van der Waals surface area contributed by atoms with Crippen LogP contribution in [-0.2, 0) is 12.8 Å². The van der Waals surface area contributed by atoms with Crippen molar-refractivity contribution in [2.24, 2.45) is 0 Å². The second-order valence-corrected chi connectivity index (χ2v) is 5.91. The van der Waals surface area contributed by atoms with E-state index in [0.29, 0.717) is 5.92 Å². The lowest BCUT2D eigenvalue weighted by molar-refractivity contribution is 0.399. The first kappa shape index (κ1) is 14.2. The van der Waals surface area contributed by atoms with Gasteiger partial charge in [0.25, 0.3) is 0 Å². The van der Waals surface area contributed by atoms with Crippen molar-refractivity contribution in [2.45, 2.75) is 46.0 Å². The summed E-state index contributed by atoms with van der Waals surface area (Å²) in [5.41, 5.74) is 6.76. The molecule has 2 aromatic rings. The summed E-state index contributed by atoms with van der Waals surface area (Å²) in [7, 11) is 0. The second kappa shape index (κ2) is 5.92. The van der Waals surface area contributed by atoms with Gasteiger partial charge in [-0.25, -0.2) is 0 Å². The first-order valence-corrected chi connectivity index (χ1v) is 8.01.